The Bertz CT molecular complexity index is 372. The lowest BCUT2D eigenvalue weighted by molar-refractivity contribution is -0.176. The lowest BCUT2D eigenvalue weighted by atomic mass is 9.96. The van der Waals surface area contributed by atoms with Crippen LogP contribution in [0.3, 0.4) is 0 Å². The van der Waals surface area contributed by atoms with Crippen molar-refractivity contribution in [1.82, 2.24) is 0 Å². The number of hydrogen-bond donors (Lipinski definition) is 1. The molecule has 0 aliphatic heterocycles. The molecular formula is C14H22O5. The van der Waals surface area contributed by atoms with E-state index in [0.717, 1.165) is 0 Å². The third-order valence-corrected chi connectivity index (χ3v) is 2.75. The molecule has 0 aliphatic carbocycles. The third kappa shape index (κ3) is 6.20. The van der Waals surface area contributed by atoms with Crippen LogP contribution >= 0.6 is 0 Å². The molecular weight excluding hydrogens is 248 g/mol. The number of esters is 2. The van der Waals surface area contributed by atoms with Crippen LogP contribution in [0.5, 0.6) is 0 Å². The van der Waals surface area contributed by atoms with Gasteiger partial charge in [0.1, 0.15) is 0 Å². The van der Waals surface area contributed by atoms with E-state index in [1.807, 2.05) is 0 Å². The van der Waals surface area contributed by atoms with Crippen molar-refractivity contribution in [3.63, 3.8) is 0 Å². The highest BCUT2D eigenvalue weighted by Gasteiger charge is 2.25. The second kappa shape index (κ2) is 7.74. The van der Waals surface area contributed by atoms with Gasteiger partial charge in [-0.1, -0.05) is 27.0 Å². The van der Waals surface area contributed by atoms with E-state index in [2.05, 4.69) is 13.2 Å². The molecule has 0 aromatic carbocycles. The zero-order chi connectivity index (χ0) is 15.2. The van der Waals surface area contributed by atoms with Gasteiger partial charge in [0.2, 0.25) is 6.29 Å². The summed E-state index contributed by atoms with van der Waals surface area (Å²) in [4.78, 5) is 22.5. The highest BCUT2D eigenvalue weighted by atomic mass is 16.6. The SMILES string of the molecule is C=C(C)C(=O)OCC(C)C(C)C(O)OC(=O)C(=C)C. The van der Waals surface area contributed by atoms with Crippen LogP contribution in [-0.4, -0.2) is 29.9 Å². The van der Waals surface area contributed by atoms with Gasteiger partial charge in [0.05, 0.1) is 6.61 Å². The van der Waals surface area contributed by atoms with Gasteiger partial charge in [-0.15, -0.1) is 0 Å². The standard InChI is InChI=1S/C14H22O5/c1-8(2)12(15)18-7-10(5)11(6)14(17)19-13(16)9(3)4/h10-11,14,17H,1,3,7H2,2,4-6H3. The van der Waals surface area contributed by atoms with Crippen molar-refractivity contribution in [2.45, 2.75) is 34.0 Å². The van der Waals surface area contributed by atoms with E-state index < -0.39 is 18.2 Å². The average molecular weight is 270 g/mol. The van der Waals surface area contributed by atoms with E-state index in [1.54, 1.807) is 20.8 Å². The zero-order valence-corrected chi connectivity index (χ0v) is 11.9. The number of carbonyl (C=O) groups excluding carboxylic acids is 2. The Labute approximate surface area is 113 Å². The van der Waals surface area contributed by atoms with E-state index in [-0.39, 0.29) is 24.0 Å². The van der Waals surface area contributed by atoms with Gasteiger partial charge in [0.15, 0.2) is 0 Å². The number of ether oxygens (including phenoxy) is 2. The van der Waals surface area contributed by atoms with Gasteiger partial charge in [-0.05, 0) is 19.8 Å². The van der Waals surface area contributed by atoms with Crippen LogP contribution < -0.4 is 0 Å². The zero-order valence-electron chi connectivity index (χ0n) is 11.9. The van der Waals surface area contributed by atoms with Gasteiger partial charge < -0.3 is 14.6 Å². The fraction of sp³-hybridized carbons (Fsp3) is 0.571. The summed E-state index contributed by atoms with van der Waals surface area (Å²) in [6, 6.07) is 0. The van der Waals surface area contributed by atoms with Crippen molar-refractivity contribution in [2.75, 3.05) is 6.61 Å². The minimum atomic E-state index is -1.26. The van der Waals surface area contributed by atoms with Crippen molar-refractivity contribution >= 4 is 11.9 Å². The summed E-state index contributed by atoms with van der Waals surface area (Å²) in [7, 11) is 0. The van der Waals surface area contributed by atoms with Gasteiger partial charge in [0.25, 0.3) is 0 Å². The summed E-state index contributed by atoms with van der Waals surface area (Å²) in [6.45, 7) is 13.6. The third-order valence-electron chi connectivity index (χ3n) is 2.75. The Morgan fingerprint density at radius 2 is 1.58 bits per heavy atom. The highest BCUT2D eigenvalue weighted by Crippen LogP contribution is 2.18. The Balaban J connectivity index is 4.28. The van der Waals surface area contributed by atoms with E-state index >= 15 is 0 Å². The molecule has 3 atom stereocenters. The first kappa shape index (κ1) is 17.4. The first-order valence-electron chi connectivity index (χ1n) is 6.04. The summed E-state index contributed by atoms with van der Waals surface area (Å²) in [6.07, 6.45) is -1.26. The van der Waals surface area contributed by atoms with Gasteiger partial charge in [0, 0.05) is 17.1 Å². The van der Waals surface area contributed by atoms with Gasteiger partial charge in [-0.25, -0.2) is 9.59 Å². The summed E-state index contributed by atoms with van der Waals surface area (Å²) < 4.78 is 9.79. The Morgan fingerprint density at radius 3 is 2.00 bits per heavy atom. The maximum atomic E-state index is 11.3. The van der Waals surface area contributed by atoms with Crippen molar-refractivity contribution < 1.29 is 24.2 Å². The molecule has 0 radical (unpaired) electrons. The monoisotopic (exact) mass is 270 g/mol. The molecule has 19 heavy (non-hydrogen) atoms. The summed E-state index contributed by atoms with van der Waals surface area (Å²) in [5, 5.41) is 9.74. The van der Waals surface area contributed by atoms with Gasteiger partial charge in [-0.3, -0.25) is 0 Å². The molecule has 0 rings (SSSR count). The molecule has 0 amide bonds. The molecule has 0 saturated carbocycles. The minimum absolute atomic E-state index is 0.120. The van der Waals surface area contributed by atoms with Crippen LogP contribution in [0, 0.1) is 11.8 Å². The number of aliphatic hydroxyl groups excluding tert-OH is 1. The smallest absolute Gasteiger partial charge is 0.335 e. The second-order valence-electron chi connectivity index (χ2n) is 4.79. The Kier molecular flexibility index (Phi) is 7.08. The maximum Gasteiger partial charge on any atom is 0.335 e. The van der Waals surface area contributed by atoms with Crippen molar-refractivity contribution in [1.29, 1.82) is 0 Å². The molecule has 0 heterocycles. The predicted molar refractivity (Wildman–Crippen MR) is 71.0 cm³/mol. The molecule has 0 spiro atoms. The topological polar surface area (TPSA) is 72.8 Å². The lowest BCUT2D eigenvalue weighted by Gasteiger charge is -2.24. The second-order valence-corrected chi connectivity index (χ2v) is 4.79. The molecule has 0 bridgehead atoms. The summed E-state index contributed by atoms with van der Waals surface area (Å²) in [5.74, 6) is -1.67. The average Bonchev–Trinajstić information content (AvgIpc) is 2.33. The Hall–Kier alpha value is -1.62. The number of carbonyl (C=O) groups is 2. The van der Waals surface area contributed by atoms with Crippen LogP contribution in [-0.2, 0) is 19.1 Å². The van der Waals surface area contributed by atoms with Crippen LogP contribution in [0.25, 0.3) is 0 Å². The molecule has 3 unspecified atom stereocenters. The van der Waals surface area contributed by atoms with E-state index in [9.17, 15) is 14.7 Å². The van der Waals surface area contributed by atoms with Crippen LogP contribution in [0.1, 0.15) is 27.7 Å². The summed E-state index contributed by atoms with van der Waals surface area (Å²) >= 11 is 0. The molecule has 0 fully saturated rings. The molecule has 0 aliphatic rings. The van der Waals surface area contributed by atoms with E-state index in [4.69, 9.17) is 9.47 Å². The molecule has 5 heteroatoms. The van der Waals surface area contributed by atoms with Crippen LogP contribution in [0.2, 0.25) is 0 Å². The fourth-order valence-electron chi connectivity index (χ4n) is 1.08. The van der Waals surface area contributed by atoms with Gasteiger partial charge in [-0.2, -0.15) is 0 Å². The summed E-state index contributed by atoms with van der Waals surface area (Å²) in [5.41, 5.74) is 0.529. The van der Waals surface area contributed by atoms with Crippen molar-refractivity contribution in [2.24, 2.45) is 11.8 Å². The van der Waals surface area contributed by atoms with E-state index in [0.29, 0.717) is 5.57 Å². The molecule has 1 N–H and O–H groups in total. The molecule has 0 saturated heterocycles. The van der Waals surface area contributed by atoms with Crippen molar-refractivity contribution in [3.05, 3.63) is 24.3 Å². The van der Waals surface area contributed by atoms with E-state index in [1.165, 1.54) is 6.92 Å². The largest absolute Gasteiger partial charge is 0.462 e. The maximum absolute atomic E-state index is 11.3. The van der Waals surface area contributed by atoms with Crippen LogP contribution in [0.4, 0.5) is 0 Å². The quantitative estimate of drug-likeness (QED) is 0.434. The van der Waals surface area contributed by atoms with Crippen molar-refractivity contribution in [3.8, 4) is 0 Å². The minimum Gasteiger partial charge on any atom is -0.462 e. The first-order valence-corrected chi connectivity index (χ1v) is 6.04. The molecule has 5 nitrogen and oxygen atoms in total. The fourth-order valence-corrected chi connectivity index (χ4v) is 1.08. The molecule has 0 aromatic rings. The number of rotatable bonds is 7. The highest BCUT2D eigenvalue weighted by molar-refractivity contribution is 5.87. The Morgan fingerprint density at radius 1 is 1.11 bits per heavy atom. The molecule has 0 aromatic heterocycles. The lowest BCUT2D eigenvalue weighted by Crippen LogP contribution is -2.31. The number of hydrogen-bond acceptors (Lipinski definition) is 5. The molecule has 108 valence electrons. The first-order chi connectivity index (χ1) is 8.66. The van der Waals surface area contributed by atoms with Gasteiger partial charge >= 0.3 is 11.9 Å². The normalized spacial score (nSPS) is 15.0. The predicted octanol–water partition coefficient (Wildman–Crippen LogP) is 1.82. The van der Waals surface area contributed by atoms with Crippen LogP contribution in [0.15, 0.2) is 24.3 Å². The number of aliphatic hydroxyl groups is 1.